The summed E-state index contributed by atoms with van der Waals surface area (Å²) in [7, 11) is 0. The summed E-state index contributed by atoms with van der Waals surface area (Å²) in [6.45, 7) is 1.99. The maximum absolute atomic E-state index is 11.7. The second-order valence-corrected chi connectivity index (χ2v) is 4.06. The van der Waals surface area contributed by atoms with E-state index in [0.29, 0.717) is 6.42 Å². The van der Waals surface area contributed by atoms with Crippen LogP contribution < -0.4 is 5.32 Å². The normalized spacial score (nSPS) is 10.2. The lowest BCUT2D eigenvalue weighted by Gasteiger charge is -2.07. The third-order valence-corrected chi connectivity index (χ3v) is 2.70. The lowest BCUT2D eigenvalue weighted by Crippen LogP contribution is -2.13. The molecule has 3 nitrogen and oxygen atoms in total. The van der Waals surface area contributed by atoms with Crippen LogP contribution in [-0.4, -0.2) is 10.9 Å². The minimum absolute atomic E-state index is 0.0499. The molecule has 88 valence electrons. The molecule has 0 aliphatic heterocycles. The molecule has 0 bridgehead atoms. The van der Waals surface area contributed by atoms with Crippen molar-refractivity contribution in [1.82, 2.24) is 4.98 Å². The molecule has 3 heteroatoms. The minimum Gasteiger partial charge on any atom is -0.365 e. The van der Waals surface area contributed by atoms with Gasteiger partial charge in [-0.15, -0.1) is 0 Å². The highest BCUT2D eigenvalue weighted by atomic mass is 16.1. The molecule has 1 aromatic heterocycles. The van der Waals surface area contributed by atoms with E-state index in [2.05, 4.69) is 10.3 Å². The number of hydrogen-bond acceptors (Lipinski definition) is 1. The molecule has 0 aliphatic carbocycles. The van der Waals surface area contributed by atoms with Crippen molar-refractivity contribution in [2.24, 2.45) is 0 Å². The summed E-state index contributed by atoms with van der Waals surface area (Å²) in [5.74, 6) is 0.0499. The number of H-pyrrole nitrogens is 1. The van der Waals surface area contributed by atoms with Gasteiger partial charge in [0.05, 0.1) is 0 Å². The molecule has 0 atom stereocenters. The molecule has 0 saturated heterocycles. The summed E-state index contributed by atoms with van der Waals surface area (Å²) < 4.78 is 0. The van der Waals surface area contributed by atoms with E-state index in [1.807, 2.05) is 49.5 Å². The van der Waals surface area contributed by atoms with Gasteiger partial charge in [-0.2, -0.15) is 0 Å². The maximum atomic E-state index is 11.7. The average Bonchev–Trinajstić information content (AvgIpc) is 2.82. The highest BCUT2D eigenvalue weighted by Crippen LogP contribution is 2.13. The van der Waals surface area contributed by atoms with Crippen LogP contribution in [0.5, 0.6) is 0 Å². The van der Waals surface area contributed by atoms with Crippen LogP contribution in [0.3, 0.4) is 0 Å². The summed E-state index contributed by atoms with van der Waals surface area (Å²) in [6.07, 6.45) is 3.11. The number of aromatic amines is 1. The number of carbonyl (C=O) groups is 1. The van der Waals surface area contributed by atoms with Gasteiger partial charge in [0, 0.05) is 24.0 Å². The topological polar surface area (TPSA) is 44.9 Å². The Labute approximate surface area is 101 Å². The van der Waals surface area contributed by atoms with Crippen LogP contribution in [0.2, 0.25) is 0 Å². The van der Waals surface area contributed by atoms with Crippen LogP contribution in [0.4, 0.5) is 5.69 Å². The lowest BCUT2D eigenvalue weighted by molar-refractivity contribution is -0.116. The second-order valence-electron chi connectivity index (χ2n) is 4.06. The van der Waals surface area contributed by atoms with Gasteiger partial charge in [-0.05, 0) is 37.1 Å². The fraction of sp³-hybridized carbons (Fsp3) is 0.214. The predicted octanol–water partition coefficient (Wildman–Crippen LogP) is 2.89. The van der Waals surface area contributed by atoms with E-state index in [1.165, 1.54) is 0 Å². The predicted molar refractivity (Wildman–Crippen MR) is 68.9 cm³/mol. The van der Waals surface area contributed by atoms with Crippen LogP contribution in [-0.2, 0) is 11.2 Å². The Morgan fingerprint density at radius 1 is 1.24 bits per heavy atom. The molecule has 17 heavy (non-hydrogen) atoms. The number of anilines is 1. The molecule has 0 spiro atoms. The quantitative estimate of drug-likeness (QED) is 0.830. The number of para-hydroxylation sites is 1. The molecule has 1 heterocycles. The summed E-state index contributed by atoms with van der Waals surface area (Å²) in [5, 5.41) is 2.92. The van der Waals surface area contributed by atoms with Crippen LogP contribution in [0.25, 0.3) is 0 Å². The molecule has 2 aromatic rings. The van der Waals surface area contributed by atoms with E-state index >= 15 is 0 Å². The summed E-state index contributed by atoms with van der Waals surface area (Å²) >= 11 is 0. The van der Waals surface area contributed by atoms with E-state index in [-0.39, 0.29) is 5.91 Å². The second kappa shape index (κ2) is 5.34. The van der Waals surface area contributed by atoms with Crippen LogP contribution in [0.15, 0.2) is 42.6 Å². The highest BCUT2D eigenvalue weighted by molar-refractivity contribution is 5.91. The zero-order chi connectivity index (χ0) is 12.1. The van der Waals surface area contributed by atoms with Crippen molar-refractivity contribution in [1.29, 1.82) is 0 Å². The molecule has 0 saturated carbocycles. The first-order chi connectivity index (χ1) is 8.25. The van der Waals surface area contributed by atoms with Gasteiger partial charge < -0.3 is 10.3 Å². The molecule has 0 fully saturated rings. The number of nitrogens with one attached hydrogen (secondary N) is 2. The van der Waals surface area contributed by atoms with E-state index < -0.39 is 0 Å². The molecular formula is C14H16N2O. The maximum Gasteiger partial charge on any atom is 0.224 e. The van der Waals surface area contributed by atoms with Gasteiger partial charge in [-0.25, -0.2) is 0 Å². The fourth-order valence-corrected chi connectivity index (χ4v) is 1.70. The molecule has 0 unspecified atom stereocenters. The van der Waals surface area contributed by atoms with Crippen molar-refractivity contribution in [3.8, 4) is 0 Å². The number of hydrogen-bond donors (Lipinski definition) is 2. The SMILES string of the molecule is Cc1ccccc1NC(=O)CCc1ccc[nH]1. The number of aromatic nitrogens is 1. The zero-order valence-corrected chi connectivity index (χ0v) is 9.86. The Hall–Kier alpha value is -2.03. The number of aryl methyl sites for hydroxylation is 2. The third kappa shape index (κ3) is 3.21. The van der Waals surface area contributed by atoms with E-state index in [1.54, 1.807) is 0 Å². The first kappa shape index (κ1) is 11.5. The van der Waals surface area contributed by atoms with E-state index in [9.17, 15) is 4.79 Å². The number of rotatable bonds is 4. The Morgan fingerprint density at radius 2 is 2.06 bits per heavy atom. The van der Waals surface area contributed by atoms with Crippen LogP contribution in [0.1, 0.15) is 17.7 Å². The molecule has 1 amide bonds. The molecule has 0 aliphatic rings. The largest absolute Gasteiger partial charge is 0.365 e. The van der Waals surface area contributed by atoms with Crippen molar-refractivity contribution < 1.29 is 4.79 Å². The van der Waals surface area contributed by atoms with Gasteiger partial charge in [-0.3, -0.25) is 4.79 Å². The summed E-state index contributed by atoms with van der Waals surface area (Å²) in [4.78, 5) is 14.8. The van der Waals surface area contributed by atoms with Crippen molar-refractivity contribution >= 4 is 11.6 Å². The number of amides is 1. The molecule has 2 N–H and O–H groups in total. The van der Waals surface area contributed by atoms with E-state index in [0.717, 1.165) is 23.4 Å². The Bertz CT molecular complexity index is 489. The van der Waals surface area contributed by atoms with Gasteiger partial charge in [0.25, 0.3) is 0 Å². The smallest absolute Gasteiger partial charge is 0.224 e. The number of benzene rings is 1. The van der Waals surface area contributed by atoms with E-state index in [4.69, 9.17) is 0 Å². The summed E-state index contributed by atoms with van der Waals surface area (Å²) in [5.41, 5.74) is 3.06. The number of carbonyl (C=O) groups excluding carboxylic acids is 1. The van der Waals surface area contributed by atoms with Crippen molar-refractivity contribution in [2.45, 2.75) is 19.8 Å². The van der Waals surface area contributed by atoms with Gasteiger partial charge in [0.2, 0.25) is 5.91 Å². The molecule has 2 rings (SSSR count). The monoisotopic (exact) mass is 228 g/mol. The third-order valence-electron chi connectivity index (χ3n) is 2.70. The molecule has 1 aromatic carbocycles. The van der Waals surface area contributed by atoms with Gasteiger partial charge in [0.15, 0.2) is 0 Å². The van der Waals surface area contributed by atoms with Crippen LogP contribution in [0, 0.1) is 6.92 Å². The van der Waals surface area contributed by atoms with Crippen molar-refractivity contribution in [2.75, 3.05) is 5.32 Å². The lowest BCUT2D eigenvalue weighted by atomic mass is 10.2. The van der Waals surface area contributed by atoms with Crippen molar-refractivity contribution in [3.63, 3.8) is 0 Å². The van der Waals surface area contributed by atoms with Crippen LogP contribution >= 0.6 is 0 Å². The fourth-order valence-electron chi connectivity index (χ4n) is 1.70. The molecular weight excluding hydrogens is 212 g/mol. The van der Waals surface area contributed by atoms with Gasteiger partial charge >= 0.3 is 0 Å². The van der Waals surface area contributed by atoms with Gasteiger partial charge in [-0.1, -0.05) is 18.2 Å². The summed E-state index contributed by atoms with van der Waals surface area (Å²) in [6, 6.07) is 11.7. The van der Waals surface area contributed by atoms with Gasteiger partial charge in [0.1, 0.15) is 0 Å². The standard InChI is InChI=1S/C14H16N2O/c1-11-5-2-3-7-13(11)16-14(17)9-8-12-6-4-10-15-12/h2-7,10,15H,8-9H2,1H3,(H,16,17). The average molecular weight is 228 g/mol. The Kier molecular flexibility index (Phi) is 3.60. The first-order valence-corrected chi connectivity index (χ1v) is 5.73. The first-order valence-electron chi connectivity index (χ1n) is 5.73. The Balaban J connectivity index is 1.87. The molecule has 0 radical (unpaired) electrons. The highest BCUT2D eigenvalue weighted by Gasteiger charge is 2.04. The Morgan fingerprint density at radius 3 is 2.76 bits per heavy atom. The zero-order valence-electron chi connectivity index (χ0n) is 9.86. The minimum atomic E-state index is 0.0499. The van der Waals surface area contributed by atoms with Crippen molar-refractivity contribution in [3.05, 3.63) is 53.9 Å².